The minimum Gasteiger partial charge on any atom is -0.332 e. The van der Waals surface area contributed by atoms with Gasteiger partial charge in [0.1, 0.15) is 6.04 Å². The van der Waals surface area contributed by atoms with Crippen LogP contribution in [0.3, 0.4) is 0 Å². The predicted molar refractivity (Wildman–Crippen MR) is 84.1 cm³/mol. The third kappa shape index (κ3) is 3.47. The van der Waals surface area contributed by atoms with Crippen molar-refractivity contribution >= 4 is 37.8 Å². The van der Waals surface area contributed by atoms with Gasteiger partial charge in [-0.25, -0.2) is 0 Å². The van der Waals surface area contributed by atoms with Gasteiger partial charge in [0.25, 0.3) is 5.91 Å². The largest absolute Gasteiger partial charge is 0.332 e. The third-order valence-corrected chi connectivity index (χ3v) is 3.90. The molecule has 2 aromatic carbocycles. The highest BCUT2D eigenvalue weighted by molar-refractivity contribution is 9.11. The lowest BCUT2D eigenvalue weighted by Crippen LogP contribution is -2.27. The van der Waals surface area contributed by atoms with Crippen molar-refractivity contribution in [3.05, 3.63) is 68.6 Å². The van der Waals surface area contributed by atoms with Crippen LogP contribution < -0.4 is 5.32 Å². The van der Waals surface area contributed by atoms with E-state index in [0.717, 1.165) is 10.0 Å². The van der Waals surface area contributed by atoms with Crippen molar-refractivity contribution in [3.8, 4) is 6.07 Å². The van der Waals surface area contributed by atoms with E-state index < -0.39 is 6.04 Å². The SMILES string of the molecule is N#CC(NC(=O)c1cc(Br)ccc1Br)c1ccccc1. The first-order valence-electron chi connectivity index (χ1n) is 5.82. The fourth-order valence-electron chi connectivity index (χ4n) is 1.72. The molecule has 3 nitrogen and oxygen atoms in total. The summed E-state index contributed by atoms with van der Waals surface area (Å²) in [7, 11) is 0. The zero-order valence-corrected chi connectivity index (χ0v) is 13.5. The van der Waals surface area contributed by atoms with E-state index in [1.807, 2.05) is 36.4 Å². The fourth-order valence-corrected chi connectivity index (χ4v) is 2.50. The van der Waals surface area contributed by atoms with Crippen LogP contribution in [0.4, 0.5) is 0 Å². The molecule has 0 aliphatic heterocycles. The second-order valence-corrected chi connectivity index (χ2v) is 5.84. The molecule has 0 fully saturated rings. The van der Waals surface area contributed by atoms with Crippen LogP contribution in [-0.2, 0) is 0 Å². The van der Waals surface area contributed by atoms with Crippen LogP contribution >= 0.6 is 31.9 Å². The molecule has 0 spiro atoms. The van der Waals surface area contributed by atoms with Crippen molar-refractivity contribution in [3.63, 3.8) is 0 Å². The van der Waals surface area contributed by atoms with Crippen LogP contribution in [0.2, 0.25) is 0 Å². The fraction of sp³-hybridized carbons (Fsp3) is 0.0667. The Hall–Kier alpha value is -1.64. The van der Waals surface area contributed by atoms with Gasteiger partial charge in [0.15, 0.2) is 0 Å². The Morgan fingerprint density at radius 1 is 1.15 bits per heavy atom. The number of nitrogens with zero attached hydrogens (tertiary/aromatic N) is 1. The second-order valence-electron chi connectivity index (χ2n) is 4.07. The number of carbonyl (C=O) groups excluding carboxylic acids is 1. The summed E-state index contributed by atoms with van der Waals surface area (Å²) in [6, 6.07) is 15.9. The Morgan fingerprint density at radius 2 is 1.85 bits per heavy atom. The first kappa shape index (κ1) is 14.8. The van der Waals surface area contributed by atoms with Crippen LogP contribution in [0, 0.1) is 11.3 Å². The van der Waals surface area contributed by atoms with Gasteiger partial charge in [-0.05, 0) is 39.7 Å². The molecule has 1 atom stereocenters. The van der Waals surface area contributed by atoms with Gasteiger partial charge in [-0.15, -0.1) is 0 Å². The van der Waals surface area contributed by atoms with Gasteiger partial charge in [-0.2, -0.15) is 5.26 Å². The number of amides is 1. The summed E-state index contributed by atoms with van der Waals surface area (Å²) < 4.78 is 1.49. The Labute approximate surface area is 133 Å². The Kier molecular flexibility index (Phi) is 4.94. The zero-order chi connectivity index (χ0) is 14.5. The minimum absolute atomic E-state index is 0.298. The summed E-state index contributed by atoms with van der Waals surface area (Å²) >= 11 is 6.66. The predicted octanol–water partition coefficient (Wildman–Crippen LogP) is 4.21. The number of hydrogen-bond donors (Lipinski definition) is 1. The van der Waals surface area contributed by atoms with Gasteiger partial charge in [-0.1, -0.05) is 46.3 Å². The van der Waals surface area contributed by atoms with E-state index in [4.69, 9.17) is 0 Å². The first-order valence-corrected chi connectivity index (χ1v) is 7.41. The number of nitriles is 1. The Bertz CT molecular complexity index is 665. The van der Waals surface area contributed by atoms with Crippen molar-refractivity contribution in [1.82, 2.24) is 5.32 Å². The summed E-state index contributed by atoms with van der Waals surface area (Å²) in [5, 5.41) is 11.9. The molecule has 0 bridgehead atoms. The lowest BCUT2D eigenvalue weighted by molar-refractivity contribution is 0.0944. The Morgan fingerprint density at radius 3 is 2.50 bits per heavy atom. The molecule has 100 valence electrons. The van der Waals surface area contributed by atoms with Crippen LogP contribution in [-0.4, -0.2) is 5.91 Å². The second kappa shape index (κ2) is 6.69. The van der Waals surface area contributed by atoms with E-state index in [0.29, 0.717) is 10.0 Å². The summed E-state index contributed by atoms with van der Waals surface area (Å²) in [6.07, 6.45) is 0. The zero-order valence-electron chi connectivity index (χ0n) is 10.3. The molecular formula is C15H10Br2N2O. The van der Waals surface area contributed by atoms with Crippen LogP contribution in [0.15, 0.2) is 57.5 Å². The summed E-state index contributed by atoms with van der Waals surface area (Å²) in [6.45, 7) is 0. The normalized spacial score (nSPS) is 11.4. The van der Waals surface area contributed by atoms with E-state index >= 15 is 0 Å². The average molecular weight is 394 g/mol. The van der Waals surface area contributed by atoms with Gasteiger partial charge in [0.2, 0.25) is 0 Å². The highest BCUT2D eigenvalue weighted by atomic mass is 79.9. The molecule has 1 N–H and O–H groups in total. The highest BCUT2D eigenvalue weighted by Gasteiger charge is 2.17. The highest BCUT2D eigenvalue weighted by Crippen LogP contribution is 2.22. The number of nitrogens with one attached hydrogen (secondary N) is 1. The number of rotatable bonds is 3. The standard InChI is InChI=1S/C15H10Br2N2O/c16-11-6-7-13(17)12(8-11)15(20)19-14(9-18)10-4-2-1-3-5-10/h1-8,14H,(H,19,20). The molecule has 0 saturated carbocycles. The summed E-state index contributed by atoms with van der Waals surface area (Å²) in [4.78, 5) is 12.2. The van der Waals surface area contributed by atoms with Gasteiger partial charge in [0, 0.05) is 8.95 Å². The lowest BCUT2D eigenvalue weighted by atomic mass is 10.1. The van der Waals surface area contributed by atoms with Crippen LogP contribution in [0.5, 0.6) is 0 Å². The Balaban J connectivity index is 2.22. The van der Waals surface area contributed by atoms with Gasteiger partial charge in [0.05, 0.1) is 11.6 Å². The van der Waals surface area contributed by atoms with Crippen molar-refractivity contribution in [2.75, 3.05) is 0 Å². The van der Waals surface area contributed by atoms with Crippen molar-refractivity contribution in [2.45, 2.75) is 6.04 Å². The van der Waals surface area contributed by atoms with Crippen LogP contribution in [0.25, 0.3) is 0 Å². The molecule has 2 aromatic rings. The molecule has 0 saturated heterocycles. The molecule has 1 amide bonds. The minimum atomic E-state index is -0.672. The molecule has 0 radical (unpaired) electrons. The maximum absolute atomic E-state index is 12.2. The van der Waals surface area contributed by atoms with Crippen LogP contribution in [0.1, 0.15) is 22.0 Å². The molecule has 0 aliphatic carbocycles. The number of carbonyl (C=O) groups is 1. The van der Waals surface area contributed by atoms with E-state index in [9.17, 15) is 10.1 Å². The van der Waals surface area contributed by atoms with Gasteiger partial charge < -0.3 is 5.32 Å². The van der Waals surface area contributed by atoms with E-state index in [-0.39, 0.29) is 5.91 Å². The molecule has 2 rings (SSSR count). The maximum Gasteiger partial charge on any atom is 0.253 e. The lowest BCUT2D eigenvalue weighted by Gasteiger charge is -2.13. The molecule has 1 unspecified atom stereocenters. The number of benzene rings is 2. The summed E-state index contributed by atoms with van der Waals surface area (Å²) in [5.74, 6) is -0.298. The average Bonchev–Trinajstić information content (AvgIpc) is 2.48. The molecule has 0 heterocycles. The monoisotopic (exact) mass is 392 g/mol. The topological polar surface area (TPSA) is 52.9 Å². The molecule has 0 aliphatic rings. The number of hydrogen-bond acceptors (Lipinski definition) is 2. The van der Waals surface area contributed by atoms with E-state index in [1.54, 1.807) is 12.1 Å². The van der Waals surface area contributed by atoms with E-state index in [1.165, 1.54) is 0 Å². The van der Waals surface area contributed by atoms with Crippen molar-refractivity contribution in [1.29, 1.82) is 5.26 Å². The molecular weight excluding hydrogens is 384 g/mol. The molecule has 20 heavy (non-hydrogen) atoms. The summed E-state index contributed by atoms with van der Waals surface area (Å²) in [5.41, 5.74) is 1.24. The maximum atomic E-state index is 12.2. The molecule has 5 heteroatoms. The third-order valence-electron chi connectivity index (χ3n) is 2.71. The van der Waals surface area contributed by atoms with Gasteiger partial charge >= 0.3 is 0 Å². The van der Waals surface area contributed by atoms with Crippen molar-refractivity contribution < 1.29 is 4.79 Å². The molecule has 0 aromatic heterocycles. The van der Waals surface area contributed by atoms with Gasteiger partial charge in [-0.3, -0.25) is 4.79 Å². The smallest absolute Gasteiger partial charge is 0.253 e. The van der Waals surface area contributed by atoms with E-state index in [2.05, 4.69) is 43.2 Å². The van der Waals surface area contributed by atoms with Crippen molar-refractivity contribution in [2.24, 2.45) is 0 Å². The first-order chi connectivity index (χ1) is 9.61. The number of halogens is 2. The quantitative estimate of drug-likeness (QED) is 0.849.